The molecule has 186 valence electrons. The summed E-state index contributed by atoms with van der Waals surface area (Å²) in [7, 11) is 0. The second-order valence-corrected chi connectivity index (χ2v) is 9.35. The predicted molar refractivity (Wildman–Crippen MR) is 139 cm³/mol. The van der Waals surface area contributed by atoms with Crippen LogP contribution in [0.15, 0.2) is 72.9 Å². The highest BCUT2D eigenvalue weighted by molar-refractivity contribution is 5.56. The number of ether oxygens (including phenoxy) is 2. The lowest BCUT2D eigenvalue weighted by Gasteiger charge is -2.25. The first-order valence-corrected chi connectivity index (χ1v) is 12.6. The summed E-state index contributed by atoms with van der Waals surface area (Å²) in [6.45, 7) is 7.40. The van der Waals surface area contributed by atoms with Crippen molar-refractivity contribution in [3.63, 3.8) is 0 Å². The molecule has 0 atom stereocenters. The Hall–Kier alpha value is -3.64. The van der Waals surface area contributed by atoms with Gasteiger partial charge in [-0.05, 0) is 54.3 Å². The molecule has 5 rings (SSSR count). The molecule has 2 heterocycles. The zero-order valence-electron chi connectivity index (χ0n) is 20.9. The van der Waals surface area contributed by atoms with Gasteiger partial charge in [-0.25, -0.2) is 9.37 Å². The Morgan fingerprint density at radius 3 is 2.61 bits per heavy atom. The molecule has 36 heavy (non-hydrogen) atoms. The normalized spacial score (nSPS) is 12.4. The largest absolute Gasteiger partial charge is 0.454 e. The number of imidazole rings is 1. The van der Waals surface area contributed by atoms with Gasteiger partial charge in [-0.2, -0.15) is 0 Å². The first-order chi connectivity index (χ1) is 17.6. The van der Waals surface area contributed by atoms with Crippen LogP contribution in [0.1, 0.15) is 42.1 Å². The van der Waals surface area contributed by atoms with Crippen LogP contribution in [0.2, 0.25) is 0 Å². The van der Waals surface area contributed by atoms with Crippen molar-refractivity contribution in [1.82, 2.24) is 14.5 Å². The Bertz CT molecular complexity index is 1320. The molecule has 0 amide bonds. The number of nitrogens with zero attached hydrogens (tertiary/aromatic N) is 3. The SMILES string of the molecule is CCCCn1c(CN(Cc2ccc3c(c2)OCO3)Cc2cc(F)ccc2C)cnc1-c1ccccc1. The summed E-state index contributed by atoms with van der Waals surface area (Å²) >= 11 is 0. The van der Waals surface area contributed by atoms with Crippen LogP contribution in [0.5, 0.6) is 11.5 Å². The van der Waals surface area contributed by atoms with E-state index in [4.69, 9.17) is 14.5 Å². The molecular formula is C30H32FN3O2. The van der Waals surface area contributed by atoms with Gasteiger partial charge < -0.3 is 14.0 Å². The van der Waals surface area contributed by atoms with Gasteiger partial charge in [-0.3, -0.25) is 4.90 Å². The number of aromatic nitrogens is 2. The van der Waals surface area contributed by atoms with Gasteiger partial charge in [0.2, 0.25) is 6.79 Å². The number of halogens is 1. The zero-order chi connectivity index (χ0) is 24.9. The number of aryl methyl sites for hydroxylation is 1. The van der Waals surface area contributed by atoms with Crippen LogP contribution < -0.4 is 9.47 Å². The predicted octanol–water partition coefficient (Wildman–Crippen LogP) is 6.73. The molecule has 5 nitrogen and oxygen atoms in total. The van der Waals surface area contributed by atoms with Crippen molar-refractivity contribution in [2.75, 3.05) is 6.79 Å². The maximum absolute atomic E-state index is 14.1. The molecule has 3 aromatic carbocycles. The lowest BCUT2D eigenvalue weighted by molar-refractivity contribution is 0.174. The average Bonchev–Trinajstić information content (AvgIpc) is 3.52. The molecule has 0 saturated carbocycles. The van der Waals surface area contributed by atoms with Gasteiger partial charge in [-0.15, -0.1) is 0 Å². The van der Waals surface area contributed by atoms with E-state index in [2.05, 4.69) is 34.6 Å². The summed E-state index contributed by atoms with van der Waals surface area (Å²) in [6.07, 6.45) is 4.17. The smallest absolute Gasteiger partial charge is 0.231 e. The van der Waals surface area contributed by atoms with Crippen LogP contribution in [0.25, 0.3) is 11.4 Å². The highest BCUT2D eigenvalue weighted by Gasteiger charge is 2.19. The molecule has 4 aromatic rings. The van der Waals surface area contributed by atoms with Crippen LogP contribution in [0.4, 0.5) is 4.39 Å². The third kappa shape index (κ3) is 5.44. The van der Waals surface area contributed by atoms with Gasteiger partial charge in [0.05, 0.1) is 11.9 Å². The lowest BCUT2D eigenvalue weighted by atomic mass is 10.1. The fourth-order valence-corrected chi connectivity index (χ4v) is 4.67. The zero-order valence-corrected chi connectivity index (χ0v) is 20.9. The van der Waals surface area contributed by atoms with Crippen molar-refractivity contribution in [2.45, 2.75) is 52.9 Å². The molecule has 1 aliphatic rings. The van der Waals surface area contributed by atoms with E-state index >= 15 is 0 Å². The first kappa shape index (κ1) is 24.1. The van der Waals surface area contributed by atoms with Gasteiger partial charge in [0, 0.05) is 31.7 Å². The maximum Gasteiger partial charge on any atom is 0.231 e. The van der Waals surface area contributed by atoms with Gasteiger partial charge in [-0.1, -0.05) is 55.8 Å². The average molecular weight is 486 g/mol. The van der Waals surface area contributed by atoms with E-state index in [0.717, 1.165) is 64.7 Å². The van der Waals surface area contributed by atoms with Crippen LogP contribution in [0, 0.1) is 12.7 Å². The Balaban J connectivity index is 1.47. The van der Waals surface area contributed by atoms with Crippen molar-refractivity contribution >= 4 is 0 Å². The minimum absolute atomic E-state index is 0.210. The van der Waals surface area contributed by atoms with Gasteiger partial charge in [0.25, 0.3) is 0 Å². The third-order valence-electron chi connectivity index (χ3n) is 6.64. The molecule has 1 aromatic heterocycles. The van der Waals surface area contributed by atoms with E-state index in [9.17, 15) is 4.39 Å². The second-order valence-electron chi connectivity index (χ2n) is 9.35. The summed E-state index contributed by atoms with van der Waals surface area (Å²) < 4.78 is 27.6. The minimum Gasteiger partial charge on any atom is -0.454 e. The number of hydrogen-bond donors (Lipinski definition) is 0. The number of hydrogen-bond acceptors (Lipinski definition) is 4. The van der Waals surface area contributed by atoms with E-state index in [0.29, 0.717) is 19.6 Å². The molecule has 0 fully saturated rings. The fraction of sp³-hybridized carbons (Fsp3) is 0.300. The topological polar surface area (TPSA) is 39.5 Å². The monoisotopic (exact) mass is 485 g/mol. The minimum atomic E-state index is -0.210. The summed E-state index contributed by atoms with van der Waals surface area (Å²) in [6, 6.07) is 21.4. The van der Waals surface area contributed by atoms with Crippen LogP contribution in [-0.4, -0.2) is 21.2 Å². The molecule has 0 bridgehead atoms. The Kier molecular flexibility index (Phi) is 7.33. The number of fused-ring (bicyclic) bond motifs is 1. The van der Waals surface area contributed by atoms with Gasteiger partial charge in [0.15, 0.2) is 11.5 Å². The van der Waals surface area contributed by atoms with E-state index in [1.807, 2.05) is 49.5 Å². The van der Waals surface area contributed by atoms with Crippen LogP contribution in [-0.2, 0) is 26.2 Å². The molecule has 0 radical (unpaired) electrons. The second kappa shape index (κ2) is 11.0. The maximum atomic E-state index is 14.1. The molecule has 0 aliphatic carbocycles. The third-order valence-corrected chi connectivity index (χ3v) is 6.64. The number of benzene rings is 3. The lowest BCUT2D eigenvalue weighted by Crippen LogP contribution is -2.24. The van der Waals surface area contributed by atoms with Gasteiger partial charge >= 0.3 is 0 Å². The summed E-state index contributed by atoms with van der Waals surface area (Å²) in [5.74, 6) is 2.33. The molecule has 0 spiro atoms. The van der Waals surface area contributed by atoms with Crippen molar-refractivity contribution in [3.8, 4) is 22.9 Å². The summed E-state index contributed by atoms with van der Waals surface area (Å²) in [5, 5.41) is 0. The molecule has 0 unspecified atom stereocenters. The molecular weight excluding hydrogens is 453 g/mol. The first-order valence-electron chi connectivity index (χ1n) is 12.6. The summed E-state index contributed by atoms with van der Waals surface area (Å²) in [4.78, 5) is 7.17. The van der Waals surface area contributed by atoms with E-state index in [-0.39, 0.29) is 12.6 Å². The van der Waals surface area contributed by atoms with Crippen LogP contribution >= 0.6 is 0 Å². The van der Waals surface area contributed by atoms with Crippen molar-refractivity contribution in [1.29, 1.82) is 0 Å². The van der Waals surface area contributed by atoms with Crippen molar-refractivity contribution in [2.24, 2.45) is 0 Å². The van der Waals surface area contributed by atoms with Crippen LogP contribution in [0.3, 0.4) is 0 Å². The quantitative estimate of drug-likeness (QED) is 0.250. The molecule has 0 N–H and O–H groups in total. The molecule has 1 aliphatic heterocycles. The standard InChI is InChI=1S/C30H32FN3O2/c1-3-4-14-34-27(17-32-30(34)24-8-6-5-7-9-24)20-33(19-25-16-26(31)12-10-22(25)2)18-23-11-13-28-29(15-23)36-21-35-28/h5-13,15-17H,3-4,14,18-21H2,1-2H3. The number of rotatable bonds is 10. The van der Waals surface area contributed by atoms with Crippen molar-refractivity contribution < 1.29 is 13.9 Å². The van der Waals surface area contributed by atoms with Gasteiger partial charge in [0.1, 0.15) is 11.6 Å². The van der Waals surface area contributed by atoms with E-state index < -0.39 is 0 Å². The van der Waals surface area contributed by atoms with E-state index in [1.165, 1.54) is 6.07 Å². The Morgan fingerprint density at radius 1 is 0.944 bits per heavy atom. The highest BCUT2D eigenvalue weighted by atomic mass is 19.1. The summed E-state index contributed by atoms with van der Waals surface area (Å²) in [5.41, 5.74) is 5.45. The number of unbranched alkanes of at least 4 members (excludes halogenated alkanes) is 1. The highest BCUT2D eigenvalue weighted by Crippen LogP contribution is 2.33. The Morgan fingerprint density at radius 2 is 1.78 bits per heavy atom. The Labute approximate surface area is 212 Å². The van der Waals surface area contributed by atoms with Crippen molar-refractivity contribution in [3.05, 3.63) is 101 Å². The molecule has 6 heteroatoms. The molecule has 0 saturated heterocycles. The fourth-order valence-electron chi connectivity index (χ4n) is 4.67. The van der Waals surface area contributed by atoms with E-state index in [1.54, 1.807) is 6.07 Å².